The molecule has 0 saturated heterocycles. The highest BCUT2D eigenvalue weighted by Gasteiger charge is 2.58. The Morgan fingerprint density at radius 1 is 0.783 bits per heavy atom. The molecule has 0 bridgehead atoms. The molecule has 0 aliphatic rings. The van der Waals surface area contributed by atoms with E-state index in [1.807, 2.05) is 0 Å². The van der Waals surface area contributed by atoms with Crippen LogP contribution in [0, 0.1) is 0 Å². The Hall–Kier alpha value is -0.950. The average molecular weight is 380 g/mol. The number of hydrogen-bond donors (Lipinski definition) is 0. The number of alkyl halides is 13. The lowest BCUT2D eigenvalue weighted by molar-refractivity contribution is -0.387. The first-order valence-corrected chi connectivity index (χ1v) is 5.15. The molecule has 0 spiro atoms. The van der Waals surface area contributed by atoms with E-state index in [0.717, 1.165) is 0 Å². The third-order valence-corrected chi connectivity index (χ3v) is 1.90. The van der Waals surface area contributed by atoms with E-state index in [1.54, 1.807) is 0 Å². The van der Waals surface area contributed by atoms with Gasteiger partial charge in [0.1, 0.15) is 0 Å². The fourth-order valence-corrected chi connectivity index (χ4v) is 0.445. The van der Waals surface area contributed by atoms with E-state index in [1.165, 1.54) is 0 Å². The van der Waals surface area contributed by atoms with Gasteiger partial charge in [0, 0.05) is 13.8 Å². The standard InChI is InChI=1S/C5H4F8O.C4H5F5/c1-3(7,5(11,12)13)14-2(6)4(8,9)10;1-3(6,7)4(8,9)2-5/h2H,1H3;2H2,1H3. The number of halogens is 13. The number of ether oxygens (including phenoxy) is 1. The second-order valence-corrected chi connectivity index (χ2v) is 4.12. The predicted molar refractivity (Wildman–Crippen MR) is 49.1 cm³/mol. The van der Waals surface area contributed by atoms with Crippen LogP contribution in [0.2, 0.25) is 0 Å². The maximum atomic E-state index is 12.3. The largest absolute Gasteiger partial charge is 0.448 e. The van der Waals surface area contributed by atoms with Crippen molar-refractivity contribution in [3.8, 4) is 0 Å². The van der Waals surface area contributed by atoms with E-state index < -0.39 is 43.1 Å². The lowest BCUT2D eigenvalue weighted by Crippen LogP contribution is -2.45. The van der Waals surface area contributed by atoms with Crippen LogP contribution in [0.3, 0.4) is 0 Å². The van der Waals surface area contributed by atoms with Crippen molar-refractivity contribution < 1.29 is 61.8 Å². The highest BCUT2D eigenvalue weighted by Crippen LogP contribution is 2.38. The topological polar surface area (TPSA) is 9.23 Å². The van der Waals surface area contributed by atoms with Crippen molar-refractivity contribution in [3.63, 3.8) is 0 Å². The normalized spacial score (nSPS) is 17.9. The van der Waals surface area contributed by atoms with Gasteiger partial charge >= 0.3 is 30.1 Å². The van der Waals surface area contributed by atoms with Crippen LogP contribution in [-0.4, -0.2) is 43.1 Å². The third-order valence-electron chi connectivity index (χ3n) is 1.90. The van der Waals surface area contributed by atoms with E-state index in [0.29, 0.717) is 0 Å². The fourth-order valence-electron chi connectivity index (χ4n) is 0.445. The van der Waals surface area contributed by atoms with Gasteiger partial charge in [-0.25, -0.2) is 22.0 Å². The Kier molecular flexibility index (Phi) is 7.71. The molecule has 0 saturated carbocycles. The Labute approximate surface area is 120 Å². The molecule has 142 valence electrons. The first kappa shape index (κ1) is 24.3. The SMILES string of the molecule is CC(F)(F)C(F)(F)CF.CC(F)(OC(F)C(F)(F)F)C(F)(F)F. The van der Waals surface area contributed by atoms with Crippen molar-refractivity contribution in [2.24, 2.45) is 0 Å². The maximum absolute atomic E-state index is 12.3. The summed E-state index contributed by atoms with van der Waals surface area (Å²) in [7, 11) is 0. The van der Waals surface area contributed by atoms with Crippen molar-refractivity contribution in [2.45, 2.75) is 50.3 Å². The third kappa shape index (κ3) is 7.92. The number of rotatable bonds is 4. The molecular formula is C9H9F13O. The van der Waals surface area contributed by atoms with Gasteiger partial charge in [-0.2, -0.15) is 35.1 Å². The van der Waals surface area contributed by atoms with Crippen molar-refractivity contribution >= 4 is 0 Å². The predicted octanol–water partition coefficient (Wildman–Crippen LogP) is 5.36. The molecule has 0 aromatic rings. The first-order valence-electron chi connectivity index (χ1n) is 5.15. The molecule has 0 aliphatic heterocycles. The molecule has 0 N–H and O–H groups in total. The first-order chi connectivity index (χ1) is 9.69. The van der Waals surface area contributed by atoms with E-state index in [9.17, 15) is 57.1 Å². The zero-order valence-corrected chi connectivity index (χ0v) is 11.1. The van der Waals surface area contributed by atoms with Gasteiger partial charge in [-0.3, -0.25) is 4.74 Å². The van der Waals surface area contributed by atoms with Crippen LogP contribution < -0.4 is 0 Å². The van der Waals surface area contributed by atoms with Crippen molar-refractivity contribution in [2.75, 3.05) is 6.67 Å². The molecule has 0 heterocycles. The molecule has 0 aromatic carbocycles. The van der Waals surface area contributed by atoms with Gasteiger partial charge in [-0.1, -0.05) is 0 Å². The van der Waals surface area contributed by atoms with Crippen LogP contribution in [0.4, 0.5) is 57.1 Å². The highest BCUT2D eigenvalue weighted by molar-refractivity contribution is 4.79. The summed E-state index contributed by atoms with van der Waals surface area (Å²) in [6.45, 7) is -2.70. The summed E-state index contributed by atoms with van der Waals surface area (Å²) in [4.78, 5) is 0. The van der Waals surface area contributed by atoms with Crippen molar-refractivity contribution in [3.05, 3.63) is 0 Å². The summed E-state index contributed by atoms with van der Waals surface area (Å²) < 4.78 is 152. The molecular weight excluding hydrogens is 371 g/mol. The van der Waals surface area contributed by atoms with Crippen LogP contribution in [0.5, 0.6) is 0 Å². The van der Waals surface area contributed by atoms with Gasteiger partial charge in [0.15, 0.2) is 6.67 Å². The van der Waals surface area contributed by atoms with Crippen LogP contribution in [0.1, 0.15) is 13.8 Å². The lowest BCUT2D eigenvalue weighted by atomic mass is 10.2. The highest BCUT2D eigenvalue weighted by atomic mass is 19.4. The second kappa shape index (κ2) is 7.30. The quantitative estimate of drug-likeness (QED) is 0.597. The second-order valence-electron chi connectivity index (χ2n) is 4.12. The van der Waals surface area contributed by atoms with Crippen LogP contribution >= 0.6 is 0 Å². The maximum Gasteiger partial charge on any atom is 0.448 e. The zero-order chi connectivity index (χ0) is 19.5. The summed E-state index contributed by atoms with van der Waals surface area (Å²) in [5.41, 5.74) is 0. The fraction of sp³-hybridized carbons (Fsp3) is 1.00. The summed E-state index contributed by atoms with van der Waals surface area (Å²) in [5.74, 6) is -13.5. The molecule has 0 aromatic heterocycles. The summed E-state index contributed by atoms with van der Waals surface area (Å²) >= 11 is 0. The van der Waals surface area contributed by atoms with Gasteiger partial charge in [0.05, 0.1) is 0 Å². The van der Waals surface area contributed by atoms with E-state index in [4.69, 9.17) is 0 Å². The molecule has 2 unspecified atom stereocenters. The molecule has 1 nitrogen and oxygen atoms in total. The minimum atomic E-state index is -5.73. The van der Waals surface area contributed by atoms with Gasteiger partial charge in [0.25, 0.3) is 6.36 Å². The molecule has 0 fully saturated rings. The van der Waals surface area contributed by atoms with Gasteiger partial charge < -0.3 is 0 Å². The van der Waals surface area contributed by atoms with Crippen LogP contribution in [0.25, 0.3) is 0 Å². The van der Waals surface area contributed by atoms with Gasteiger partial charge in [-0.05, 0) is 0 Å². The van der Waals surface area contributed by atoms with Crippen molar-refractivity contribution in [1.29, 1.82) is 0 Å². The Balaban J connectivity index is 0. The van der Waals surface area contributed by atoms with E-state index >= 15 is 0 Å². The minimum absolute atomic E-state index is 0.0213. The molecule has 23 heavy (non-hydrogen) atoms. The van der Waals surface area contributed by atoms with Gasteiger partial charge in [-0.15, -0.1) is 0 Å². The smallest absolute Gasteiger partial charge is 0.296 e. The monoisotopic (exact) mass is 380 g/mol. The Morgan fingerprint density at radius 2 is 1.13 bits per heavy atom. The molecule has 0 aliphatic carbocycles. The molecule has 2 atom stereocenters. The van der Waals surface area contributed by atoms with Crippen molar-refractivity contribution in [1.82, 2.24) is 0 Å². The Bertz CT molecular complexity index is 350. The van der Waals surface area contributed by atoms with Crippen LogP contribution in [0.15, 0.2) is 0 Å². The summed E-state index contributed by atoms with van der Waals surface area (Å²) in [6.07, 6.45) is -15.7. The summed E-state index contributed by atoms with van der Waals surface area (Å²) in [5, 5.41) is 0. The minimum Gasteiger partial charge on any atom is -0.296 e. The van der Waals surface area contributed by atoms with Gasteiger partial charge in [0.2, 0.25) is 0 Å². The van der Waals surface area contributed by atoms with Crippen LogP contribution in [-0.2, 0) is 4.74 Å². The molecule has 14 heteroatoms. The van der Waals surface area contributed by atoms with E-state index in [2.05, 4.69) is 4.74 Å². The van der Waals surface area contributed by atoms with E-state index in [-0.39, 0.29) is 13.8 Å². The Morgan fingerprint density at radius 3 is 1.26 bits per heavy atom. The summed E-state index contributed by atoms with van der Waals surface area (Å²) in [6, 6.07) is 0. The lowest BCUT2D eigenvalue weighted by Gasteiger charge is -2.26. The molecule has 0 amide bonds. The molecule has 0 radical (unpaired) electrons. The average Bonchev–Trinajstić information content (AvgIpc) is 2.24. The zero-order valence-electron chi connectivity index (χ0n) is 11.1. The molecule has 0 rings (SSSR count). The number of hydrogen-bond acceptors (Lipinski definition) is 1.